The van der Waals surface area contributed by atoms with Gasteiger partial charge >= 0.3 is 17.9 Å². The Hall–Kier alpha value is -2.32. The Morgan fingerprint density at radius 3 is 1.70 bits per heavy atom. The molecule has 0 radical (unpaired) electrons. The van der Waals surface area contributed by atoms with Gasteiger partial charge in [0, 0.05) is 52.4 Å². The Kier molecular flexibility index (Phi) is 5.78. The molecule has 2 aliphatic rings. The van der Waals surface area contributed by atoms with Gasteiger partial charge in [-0.2, -0.15) is 0 Å². The summed E-state index contributed by atoms with van der Waals surface area (Å²) in [6.07, 6.45) is 0.356. The zero-order chi connectivity index (χ0) is 16.8. The molecule has 0 N–H and O–H groups in total. The van der Waals surface area contributed by atoms with E-state index in [-0.39, 0.29) is 0 Å². The van der Waals surface area contributed by atoms with E-state index in [2.05, 4.69) is 0 Å². The minimum absolute atomic E-state index is 0.309. The highest BCUT2D eigenvalue weighted by atomic mass is 16.6. The maximum absolute atomic E-state index is 12.3. The standard InChI is InChI=1S/C14H22N4O5/c1-2-23-14(22)18-9-7-17(8-10-18)13(21)12(20)16-5-3-15(11-19)4-6-16/h11H,2-10H2,1H3. The van der Waals surface area contributed by atoms with E-state index in [1.165, 1.54) is 14.7 Å². The molecule has 23 heavy (non-hydrogen) atoms. The van der Waals surface area contributed by atoms with Crippen molar-refractivity contribution < 1.29 is 23.9 Å². The molecule has 9 nitrogen and oxygen atoms in total. The molecule has 0 aromatic heterocycles. The molecule has 4 amide bonds. The van der Waals surface area contributed by atoms with Gasteiger partial charge in [-0.3, -0.25) is 14.4 Å². The maximum Gasteiger partial charge on any atom is 0.409 e. The molecule has 9 heteroatoms. The molecule has 0 spiro atoms. The molecule has 2 fully saturated rings. The highest BCUT2D eigenvalue weighted by Crippen LogP contribution is 2.07. The van der Waals surface area contributed by atoms with Crippen LogP contribution in [0.4, 0.5) is 4.79 Å². The van der Waals surface area contributed by atoms with E-state index >= 15 is 0 Å². The van der Waals surface area contributed by atoms with E-state index in [9.17, 15) is 19.2 Å². The summed E-state index contributed by atoms with van der Waals surface area (Å²) in [6.45, 7) is 5.02. The van der Waals surface area contributed by atoms with Crippen LogP contribution in [0, 0.1) is 0 Å². The second kappa shape index (κ2) is 7.80. The fourth-order valence-electron chi connectivity index (χ4n) is 2.61. The third-order valence-electron chi connectivity index (χ3n) is 4.03. The average Bonchev–Trinajstić information content (AvgIpc) is 2.61. The Balaban J connectivity index is 1.81. The molecule has 0 bridgehead atoms. The van der Waals surface area contributed by atoms with Crippen LogP contribution in [0.1, 0.15) is 6.92 Å². The summed E-state index contributed by atoms with van der Waals surface area (Å²) >= 11 is 0. The highest BCUT2D eigenvalue weighted by Gasteiger charge is 2.32. The van der Waals surface area contributed by atoms with Crippen molar-refractivity contribution in [1.82, 2.24) is 19.6 Å². The predicted octanol–water partition coefficient (Wildman–Crippen LogP) is -1.41. The van der Waals surface area contributed by atoms with Crippen LogP contribution in [0.2, 0.25) is 0 Å². The summed E-state index contributed by atoms with van der Waals surface area (Å²) in [6, 6.07) is 0. The number of hydrogen-bond donors (Lipinski definition) is 0. The van der Waals surface area contributed by atoms with Crippen LogP contribution >= 0.6 is 0 Å². The first kappa shape index (κ1) is 17.0. The first-order valence-corrected chi connectivity index (χ1v) is 7.76. The second-order valence-electron chi connectivity index (χ2n) is 5.41. The molecule has 2 saturated heterocycles. The molecule has 0 saturated carbocycles. The molecule has 0 aliphatic carbocycles. The van der Waals surface area contributed by atoms with Crippen molar-refractivity contribution >= 4 is 24.3 Å². The van der Waals surface area contributed by atoms with Crippen LogP contribution in [0.3, 0.4) is 0 Å². The van der Waals surface area contributed by atoms with Crippen molar-refractivity contribution in [3.05, 3.63) is 0 Å². The van der Waals surface area contributed by atoms with E-state index in [1.54, 1.807) is 11.8 Å². The molecule has 2 heterocycles. The van der Waals surface area contributed by atoms with Crippen molar-refractivity contribution in [1.29, 1.82) is 0 Å². The number of carbonyl (C=O) groups excluding carboxylic acids is 4. The van der Waals surface area contributed by atoms with Crippen molar-refractivity contribution in [3.63, 3.8) is 0 Å². The van der Waals surface area contributed by atoms with E-state index in [0.717, 1.165) is 6.41 Å². The van der Waals surface area contributed by atoms with Crippen LogP contribution in [-0.2, 0) is 19.1 Å². The third kappa shape index (κ3) is 4.11. The number of piperazine rings is 2. The molecular formula is C14H22N4O5. The number of hydrogen-bond acceptors (Lipinski definition) is 5. The lowest BCUT2D eigenvalue weighted by atomic mass is 10.2. The summed E-state index contributed by atoms with van der Waals surface area (Å²) in [4.78, 5) is 52.8. The topological polar surface area (TPSA) is 90.5 Å². The highest BCUT2D eigenvalue weighted by molar-refractivity contribution is 6.34. The maximum atomic E-state index is 12.3. The minimum Gasteiger partial charge on any atom is -0.450 e. The Bertz CT molecular complexity index is 468. The van der Waals surface area contributed by atoms with Gasteiger partial charge in [-0.05, 0) is 6.92 Å². The first-order chi connectivity index (χ1) is 11.1. The summed E-state index contributed by atoms with van der Waals surface area (Å²) in [5.41, 5.74) is 0. The molecule has 0 atom stereocenters. The summed E-state index contributed by atoms with van der Waals surface area (Å²) < 4.78 is 4.92. The van der Waals surface area contributed by atoms with Crippen LogP contribution < -0.4 is 0 Å². The predicted molar refractivity (Wildman–Crippen MR) is 79.4 cm³/mol. The normalized spacial score (nSPS) is 18.7. The summed E-state index contributed by atoms with van der Waals surface area (Å²) in [7, 11) is 0. The Morgan fingerprint density at radius 2 is 1.26 bits per heavy atom. The van der Waals surface area contributed by atoms with Crippen molar-refractivity contribution in [3.8, 4) is 0 Å². The molecule has 0 aromatic rings. The lowest BCUT2D eigenvalue weighted by Gasteiger charge is -2.36. The number of ether oxygens (including phenoxy) is 1. The fourth-order valence-corrected chi connectivity index (χ4v) is 2.61. The van der Waals surface area contributed by atoms with Gasteiger partial charge in [0.05, 0.1) is 6.61 Å². The number of amides is 4. The zero-order valence-corrected chi connectivity index (χ0v) is 13.3. The van der Waals surface area contributed by atoms with Crippen LogP contribution in [0.5, 0.6) is 0 Å². The van der Waals surface area contributed by atoms with Gasteiger partial charge in [0.2, 0.25) is 6.41 Å². The van der Waals surface area contributed by atoms with Crippen LogP contribution in [-0.4, -0.2) is 103 Å². The van der Waals surface area contributed by atoms with Crippen molar-refractivity contribution in [2.24, 2.45) is 0 Å². The van der Waals surface area contributed by atoms with Gasteiger partial charge in [0.25, 0.3) is 0 Å². The largest absolute Gasteiger partial charge is 0.450 e. The quantitative estimate of drug-likeness (QED) is 0.459. The van der Waals surface area contributed by atoms with E-state index in [4.69, 9.17) is 4.74 Å². The smallest absolute Gasteiger partial charge is 0.409 e. The van der Waals surface area contributed by atoms with Crippen LogP contribution in [0.15, 0.2) is 0 Å². The van der Waals surface area contributed by atoms with Gasteiger partial charge < -0.3 is 24.3 Å². The number of nitrogens with zero attached hydrogens (tertiary/aromatic N) is 4. The first-order valence-electron chi connectivity index (χ1n) is 7.76. The van der Waals surface area contributed by atoms with Gasteiger partial charge in [0.15, 0.2) is 0 Å². The van der Waals surface area contributed by atoms with Crippen molar-refractivity contribution in [2.75, 3.05) is 59.0 Å². The van der Waals surface area contributed by atoms with Gasteiger partial charge in [-0.1, -0.05) is 0 Å². The molecule has 128 valence electrons. The van der Waals surface area contributed by atoms with E-state index in [0.29, 0.717) is 59.0 Å². The zero-order valence-electron chi connectivity index (χ0n) is 13.3. The average molecular weight is 326 g/mol. The minimum atomic E-state index is -0.548. The fraction of sp³-hybridized carbons (Fsp3) is 0.714. The van der Waals surface area contributed by atoms with Crippen LogP contribution in [0.25, 0.3) is 0 Å². The number of rotatable bonds is 2. The van der Waals surface area contributed by atoms with E-state index < -0.39 is 17.9 Å². The monoisotopic (exact) mass is 326 g/mol. The van der Waals surface area contributed by atoms with E-state index in [1.807, 2.05) is 0 Å². The van der Waals surface area contributed by atoms with Gasteiger partial charge in [0.1, 0.15) is 0 Å². The summed E-state index contributed by atoms with van der Waals surface area (Å²) in [5.74, 6) is -1.09. The molecule has 2 rings (SSSR count). The van der Waals surface area contributed by atoms with Crippen molar-refractivity contribution in [2.45, 2.75) is 6.92 Å². The molecule has 2 aliphatic heterocycles. The van der Waals surface area contributed by atoms with Gasteiger partial charge in [-0.15, -0.1) is 0 Å². The Morgan fingerprint density at radius 1 is 0.826 bits per heavy atom. The summed E-state index contributed by atoms with van der Waals surface area (Å²) in [5, 5.41) is 0. The second-order valence-corrected chi connectivity index (χ2v) is 5.41. The third-order valence-corrected chi connectivity index (χ3v) is 4.03. The van der Waals surface area contributed by atoms with Gasteiger partial charge in [-0.25, -0.2) is 4.79 Å². The SMILES string of the molecule is CCOC(=O)N1CCN(C(=O)C(=O)N2CCN(C=O)CC2)CC1. The molecule has 0 aromatic carbocycles. The lowest BCUT2D eigenvalue weighted by Crippen LogP contribution is -2.56. The lowest BCUT2D eigenvalue weighted by molar-refractivity contribution is -0.154. The molecule has 0 unspecified atom stereocenters. The Labute approximate surface area is 134 Å². The molecular weight excluding hydrogens is 304 g/mol. The number of carbonyl (C=O) groups is 4.